The molecule has 2 aromatic carbocycles. The van der Waals surface area contributed by atoms with Gasteiger partial charge in [0.2, 0.25) is 0 Å². The number of ether oxygens (including phenoxy) is 2. The molecule has 10 heterocycles. The fourth-order valence-corrected chi connectivity index (χ4v) is 9.39. The molecule has 21 nitrogen and oxygen atoms in total. The Balaban J connectivity index is 0.000000156. The number of para-hydroxylation sites is 2. The van der Waals surface area contributed by atoms with Crippen LogP contribution in [0.25, 0.3) is 44.8 Å². The minimum atomic E-state index is -0.620. The summed E-state index contributed by atoms with van der Waals surface area (Å²) in [6.07, 6.45) is 14.2. The monoisotopic (exact) mass is 963 g/mol. The minimum absolute atomic E-state index is 0.220. The molecule has 2 N–H and O–H groups in total. The van der Waals surface area contributed by atoms with Crippen LogP contribution in [-0.4, -0.2) is 124 Å². The molecule has 2 aliphatic rings. The van der Waals surface area contributed by atoms with E-state index in [-0.39, 0.29) is 11.1 Å². The summed E-state index contributed by atoms with van der Waals surface area (Å²) >= 11 is 0. The topological polar surface area (TPSA) is 235 Å². The second-order valence-corrected chi connectivity index (χ2v) is 17.1. The Morgan fingerprint density at radius 3 is 1.58 bits per heavy atom. The third-order valence-electron chi connectivity index (χ3n) is 12.9. The molecule has 0 fully saturated rings. The lowest BCUT2D eigenvalue weighted by molar-refractivity contribution is -0.127. The van der Waals surface area contributed by atoms with Gasteiger partial charge in [-0.05, 0) is 49.7 Å². The lowest BCUT2D eigenvalue weighted by Gasteiger charge is -2.27. The Labute approximate surface area is 409 Å². The summed E-state index contributed by atoms with van der Waals surface area (Å²) in [5.41, 5.74) is 7.73. The number of pyridine rings is 2. The fraction of sp³-hybridized carbons (Fsp3) is 0.196. The zero-order valence-electron chi connectivity index (χ0n) is 39.5. The number of carbonyl (C=O) groups is 4. The first-order chi connectivity index (χ1) is 35.1. The van der Waals surface area contributed by atoms with E-state index in [0.717, 1.165) is 33.9 Å². The van der Waals surface area contributed by atoms with E-state index >= 15 is 0 Å². The minimum Gasteiger partial charge on any atom is -0.494 e. The van der Waals surface area contributed by atoms with Gasteiger partial charge in [-0.3, -0.25) is 19.2 Å². The fourth-order valence-electron chi connectivity index (χ4n) is 9.39. The van der Waals surface area contributed by atoms with Crippen molar-refractivity contribution in [3.63, 3.8) is 0 Å². The van der Waals surface area contributed by atoms with Crippen LogP contribution in [-0.2, 0) is 35.5 Å². The van der Waals surface area contributed by atoms with Crippen LogP contribution in [0, 0.1) is 13.8 Å². The lowest BCUT2D eigenvalue weighted by atomic mass is 10.0. The van der Waals surface area contributed by atoms with Crippen molar-refractivity contribution in [1.29, 1.82) is 0 Å². The molecule has 0 unspecified atom stereocenters. The van der Waals surface area contributed by atoms with Crippen molar-refractivity contribution in [3.05, 3.63) is 162 Å². The highest BCUT2D eigenvalue weighted by molar-refractivity contribution is 6.46. The number of carbonyl (C=O) groups excluding carboxylic acids is 4. The molecule has 21 heteroatoms. The summed E-state index contributed by atoms with van der Waals surface area (Å²) in [4.78, 5) is 80.0. The van der Waals surface area contributed by atoms with Crippen molar-refractivity contribution < 1.29 is 28.7 Å². The molecule has 0 saturated carbocycles. The zero-order chi connectivity index (χ0) is 49.6. The van der Waals surface area contributed by atoms with Crippen LogP contribution >= 0.6 is 0 Å². The Bertz CT molecular complexity index is 3470. The average Bonchev–Trinajstić information content (AvgIpc) is 4.30. The Hall–Kier alpha value is -9.53. The first-order valence-electron chi connectivity index (χ1n) is 23.0. The highest BCUT2D eigenvalue weighted by Gasteiger charge is 2.33. The number of fused-ring (bicyclic) bond motifs is 4. The van der Waals surface area contributed by atoms with Crippen LogP contribution in [0.3, 0.4) is 0 Å². The van der Waals surface area contributed by atoms with Gasteiger partial charge in [-0.1, -0.05) is 36.4 Å². The van der Waals surface area contributed by atoms with E-state index < -0.39 is 23.4 Å². The predicted octanol–water partition coefficient (Wildman–Crippen LogP) is 5.43. The quantitative estimate of drug-likeness (QED) is 0.129. The predicted molar refractivity (Wildman–Crippen MR) is 261 cm³/mol. The van der Waals surface area contributed by atoms with E-state index in [9.17, 15) is 19.2 Å². The molecule has 0 saturated heterocycles. The number of hydrogen-bond acceptors (Lipinski definition) is 13. The number of aryl methyl sites for hydroxylation is 2. The zero-order valence-corrected chi connectivity index (χ0v) is 39.5. The third-order valence-corrected chi connectivity index (χ3v) is 12.9. The van der Waals surface area contributed by atoms with Gasteiger partial charge in [-0.15, -0.1) is 0 Å². The molecule has 10 aromatic rings. The Morgan fingerprint density at radius 1 is 0.583 bits per heavy atom. The van der Waals surface area contributed by atoms with Crippen LogP contribution in [0.4, 0.5) is 0 Å². The van der Waals surface area contributed by atoms with Crippen molar-refractivity contribution >= 4 is 45.2 Å². The number of Topliss-reactive ketones (excluding diaryl/α,β-unsaturated/α-hetero) is 2. The molecule has 2 amide bonds. The second-order valence-electron chi connectivity index (χ2n) is 17.1. The first-order valence-corrected chi connectivity index (χ1v) is 23.0. The molecular formula is C51H45N15O6. The van der Waals surface area contributed by atoms with Gasteiger partial charge < -0.3 is 33.8 Å². The molecular weight excluding hydrogens is 919 g/mol. The van der Waals surface area contributed by atoms with Crippen molar-refractivity contribution in [3.8, 4) is 34.5 Å². The maximum atomic E-state index is 13.5. The van der Waals surface area contributed by atoms with E-state index in [4.69, 9.17) is 9.47 Å². The van der Waals surface area contributed by atoms with Crippen LogP contribution in [0.1, 0.15) is 54.9 Å². The van der Waals surface area contributed by atoms with Crippen molar-refractivity contribution in [2.24, 2.45) is 0 Å². The number of nitrogens with one attached hydrogen (secondary N) is 2. The van der Waals surface area contributed by atoms with Gasteiger partial charge in [-0.2, -0.15) is 15.3 Å². The summed E-state index contributed by atoms with van der Waals surface area (Å²) < 4.78 is 18.0. The van der Waals surface area contributed by atoms with E-state index in [1.54, 1.807) is 36.2 Å². The van der Waals surface area contributed by atoms with Crippen molar-refractivity contribution in [2.75, 3.05) is 27.3 Å². The normalized spacial score (nSPS) is 13.1. The molecule has 0 bridgehead atoms. The molecule has 72 heavy (non-hydrogen) atoms. The number of aromatic amines is 2. The first kappa shape index (κ1) is 44.9. The summed E-state index contributed by atoms with van der Waals surface area (Å²) in [6.45, 7) is 5.12. The van der Waals surface area contributed by atoms with E-state index in [0.29, 0.717) is 95.6 Å². The summed E-state index contributed by atoms with van der Waals surface area (Å²) in [7, 11) is 3.00. The molecule has 8 aromatic heterocycles. The smallest absolute Gasteiger partial charge is 0.295 e. The van der Waals surface area contributed by atoms with Gasteiger partial charge in [0, 0.05) is 74.6 Å². The van der Waals surface area contributed by atoms with Crippen LogP contribution in [0.2, 0.25) is 0 Å². The van der Waals surface area contributed by atoms with E-state index in [1.165, 1.54) is 54.7 Å². The number of rotatable bonds is 10. The van der Waals surface area contributed by atoms with Gasteiger partial charge in [0.1, 0.15) is 35.8 Å². The molecule has 0 atom stereocenters. The maximum absolute atomic E-state index is 13.5. The Kier molecular flexibility index (Phi) is 11.5. The van der Waals surface area contributed by atoms with Gasteiger partial charge >= 0.3 is 0 Å². The SMILES string of the molecule is COc1cnc(-n2cnc(C)n2)c2[nH]cc(C(=O)C(=O)N3CCc4c(ccn4-c4ccccc4)C3)c12.COc1cnc(-n2cnc(C)n2)c2[nH]cc(C(=O)C(=O)N3CCc4c(cnn4-c4ccccc4)C3)c12. The van der Waals surface area contributed by atoms with Crippen LogP contribution in [0.5, 0.6) is 11.5 Å². The average molecular weight is 964 g/mol. The number of aromatic nitrogens is 13. The molecule has 12 rings (SSSR count). The number of H-pyrrole nitrogens is 2. The molecule has 360 valence electrons. The summed E-state index contributed by atoms with van der Waals surface area (Å²) in [5, 5.41) is 14.1. The van der Waals surface area contributed by atoms with Gasteiger partial charge in [0.15, 0.2) is 11.6 Å². The standard InChI is InChI=1S/C26H23N7O3.C25H22N8O3/c1-16-29-15-33(30-16)25-23-22(21(36-2)13-28-25)19(12-27-23)24(34)26(35)31-10-9-20-17(14-31)8-11-32(20)18-6-4-3-5-7-18;1-15-28-14-32(30-15)24-22-21(20(36-2)12-27-24)18(11-26-22)23(34)25(35)31-9-8-19-16(13-31)10-29-33(19)17-6-4-3-5-7-17/h3-8,11-13,15,27H,9-10,14H2,1-2H3;3-7,10-12,14,26H,8-9,13H2,1-2H3. The van der Waals surface area contributed by atoms with Crippen LogP contribution < -0.4 is 9.47 Å². The van der Waals surface area contributed by atoms with Crippen LogP contribution in [0.15, 0.2) is 117 Å². The number of hydrogen-bond donors (Lipinski definition) is 2. The molecule has 0 aliphatic carbocycles. The molecule has 0 radical (unpaired) electrons. The molecule has 0 spiro atoms. The number of ketones is 2. The third kappa shape index (κ3) is 7.91. The number of benzene rings is 2. The number of methoxy groups -OCH3 is 2. The van der Waals surface area contributed by atoms with Crippen molar-refractivity contribution in [1.82, 2.24) is 73.6 Å². The maximum Gasteiger partial charge on any atom is 0.295 e. The Morgan fingerprint density at radius 2 is 1.08 bits per heavy atom. The largest absolute Gasteiger partial charge is 0.494 e. The summed E-state index contributed by atoms with van der Waals surface area (Å²) in [6, 6.07) is 21.9. The summed E-state index contributed by atoms with van der Waals surface area (Å²) in [5.74, 6) is 0.511. The lowest BCUT2D eigenvalue weighted by Crippen LogP contribution is -2.40. The van der Waals surface area contributed by atoms with Gasteiger partial charge in [0.25, 0.3) is 23.4 Å². The highest BCUT2D eigenvalue weighted by Crippen LogP contribution is 2.34. The number of amides is 2. The van der Waals surface area contributed by atoms with Crippen molar-refractivity contribution in [2.45, 2.75) is 39.8 Å². The van der Waals surface area contributed by atoms with E-state index in [1.807, 2.05) is 65.5 Å². The molecule has 2 aliphatic heterocycles. The van der Waals surface area contributed by atoms with E-state index in [2.05, 4.69) is 61.9 Å². The second kappa shape index (κ2) is 18.4. The highest BCUT2D eigenvalue weighted by atomic mass is 16.5. The van der Waals surface area contributed by atoms with Gasteiger partial charge in [-0.25, -0.2) is 34.0 Å². The van der Waals surface area contributed by atoms with Gasteiger partial charge in [0.05, 0.1) is 77.1 Å². The number of nitrogens with zero attached hydrogens (tertiary/aromatic N) is 13.